The smallest absolute Gasteiger partial charge is 0.306 e. The van der Waals surface area contributed by atoms with Crippen LogP contribution in [0.15, 0.2) is 48.5 Å². The van der Waals surface area contributed by atoms with Crippen LogP contribution in [0.25, 0.3) is 0 Å². The molecule has 0 bridgehead atoms. The molecule has 0 amide bonds. The van der Waals surface area contributed by atoms with Crippen LogP contribution >= 0.6 is 0 Å². The number of benzene rings is 2. The fourth-order valence-electron chi connectivity index (χ4n) is 4.82. The maximum atomic E-state index is 12.6. The summed E-state index contributed by atoms with van der Waals surface area (Å²) in [6.45, 7) is 3.67. The molecule has 0 unspecified atom stereocenters. The Hall–Kier alpha value is -2.57. The highest BCUT2D eigenvalue weighted by molar-refractivity contribution is 5.69. The number of rotatable bonds is 25. The largest absolute Gasteiger partial charge is 0.490 e. The summed E-state index contributed by atoms with van der Waals surface area (Å²) >= 11 is 0. The molecule has 41 heavy (non-hydrogen) atoms. The minimum atomic E-state index is -0.512. The van der Waals surface area contributed by atoms with Gasteiger partial charge in [0.15, 0.2) is 6.10 Å². The highest BCUT2D eigenvalue weighted by atomic mass is 16.6. The fourth-order valence-corrected chi connectivity index (χ4v) is 4.82. The van der Waals surface area contributed by atoms with Gasteiger partial charge in [-0.25, -0.2) is 0 Å². The molecule has 2 aromatic rings. The van der Waals surface area contributed by atoms with Crippen molar-refractivity contribution in [1.82, 2.24) is 0 Å². The molecule has 2 rings (SSSR count). The lowest BCUT2D eigenvalue weighted by Crippen LogP contribution is -2.31. The molecular weight excluding hydrogens is 512 g/mol. The maximum Gasteiger partial charge on any atom is 0.306 e. The Balaban J connectivity index is 1.61. The lowest BCUT2D eigenvalue weighted by molar-refractivity contribution is -0.152. The van der Waals surface area contributed by atoms with Crippen molar-refractivity contribution in [3.63, 3.8) is 0 Å². The second-order valence-electron chi connectivity index (χ2n) is 11.1. The molecule has 0 heterocycles. The van der Waals surface area contributed by atoms with Gasteiger partial charge in [0.1, 0.15) is 24.7 Å². The monoisotopic (exact) mass is 568 g/mol. The van der Waals surface area contributed by atoms with E-state index in [4.69, 9.17) is 25.7 Å². The molecule has 0 fully saturated rings. The van der Waals surface area contributed by atoms with Crippen molar-refractivity contribution in [2.24, 2.45) is 11.5 Å². The molecule has 230 valence electrons. The Morgan fingerprint density at radius 2 is 0.951 bits per heavy atom. The van der Waals surface area contributed by atoms with E-state index in [2.05, 4.69) is 6.92 Å². The summed E-state index contributed by atoms with van der Waals surface area (Å²) in [5.74, 6) is 1.21. The highest BCUT2D eigenvalue weighted by Gasteiger charge is 2.17. The van der Waals surface area contributed by atoms with E-state index >= 15 is 0 Å². The summed E-state index contributed by atoms with van der Waals surface area (Å²) < 4.78 is 17.6. The molecule has 2 aromatic carbocycles. The minimum Gasteiger partial charge on any atom is -0.490 e. The summed E-state index contributed by atoms with van der Waals surface area (Å²) in [5.41, 5.74) is 13.4. The molecule has 0 aliphatic rings. The van der Waals surface area contributed by atoms with Gasteiger partial charge < -0.3 is 25.7 Å². The van der Waals surface area contributed by atoms with E-state index in [1.54, 1.807) is 0 Å². The molecule has 0 atom stereocenters. The molecule has 0 radical (unpaired) electrons. The van der Waals surface area contributed by atoms with E-state index in [-0.39, 0.29) is 19.2 Å². The molecule has 0 saturated carbocycles. The average molecular weight is 569 g/mol. The Bertz CT molecular complexity index is 850. The van der Waals surface area contributed by atoms with Crippen molar-refractivity contribution >= 4 is 5.97 Å². The van der Waals surface area contributed by atoms with Gasteiger partial charge in [-0.3, -0.25) is 4.79 Å². The number of nitrogens with two attached hydrogens (primary N) is 2. The van der Waals surface area contributed by atoms with E-state index in [0.29, 0.717) is 31.0 Å². The third-order valence-electron chi connectivity index (χ3n) is 7.47. The third-order valence-corrected chi connectivity index (χ3v) is 7.47. The molecule has 0 aliphatic heterocycles. The topological polar surface area (TPSA) is 96.8 Å². The van der Waals surface area contributed by atoms with Crippen LogP contribution in [0.3, 0.4) is 0 Å². The molecule has 6 heteroatoms. The Morgan fingerprint density at radius 1 is 0.585 bits per heavy atom. The predicted molar refractivity (Wildman–Crippen MR) is 169 cm³/mol. The van der Waals surface area contributed by atoms with Gasteiger partial charge in [0.25, 0.3) is 0 Å². The summed E-state index contributed by atoms with van der Waals surface area (Å²) in [7, 11) is 0. The summed E-state index contributed by atoms with van der Waals surface area (Å²) in [5, 5.41) is 0. The van der Waals surface area contributed by atoms with Crippen molar-refractivity contribution in [1.29, 1.82) is 0 Å². The Labute approximate surface area is 249 Å². The van der Waals surface area contributed by atoms with Gasteiger partial charge in [0.2, 0.25) is 0 Å². The van der Waals surface area contributed by atoms with E-state index < -0.39 is 6.10 Å². The van der Waals surface area contributed by atoms with E-state index in [1.165, 1.54) is 83.5 Å². The first-order chi connectivity index (χ1) is 20.1. The van der Waals surface area contributed by atoms with Crippen LogP contribution in [-0.2, 0) is 22.6 Å². The van der Waals surface area contributed by atoms with Crippen molar-refractivity contribution < 1.29 is 19.0 Å². The summed E-state index contributed by atoms with van der Waals surface area (Å²) in [6.07, 6.45) is 19.4. The number of ether oxygens (including phenoxy) is 3. The standard InChI is InChI=1S/C35H56N2O4/c1-2-3-4-5-6-7-8-9-10-11-12-13-14-15-16-17-35(38)41-34(28-39-32-22-18-30(26-36)19-23-32)29-40-33-24-20-31(27-37)21-25-33/h18-25,34H,2-17,26-29,36-37H2,1H3. The molecular formula is C35H56N2O4. The number of esters is 1. The van der Waals surface area contributed by atoms with Crippen molar-refractivity contribution in [2.45, 2.75) is 129 Å². The van der Waals surface area contributed by atoms with Crippen LogP contribution in [-0.4, -0.2) is 25.3 Å². The number of carbonyl (C=O) groups is 1. The molecule has 0 aromatic heterocycles. The van der Waals surface area contributed by atoms with Gasteiger partial charge in [-0.1, -0.05) is 121 Å². The van der Waals surface area contributed by atoms with Crippen molar-refractivity contribution in [3.8, 4) is 11.5 Å². The summed E-state index contributed by atoms with van der Waals surface area (Å²) in [4.78, 5) is 12.6. The second kappa shape index (κ2) is 23.0. The van der Waals surface area contributed by atoms with Crippen LogP contribution in [0, 0.1) is 0 Å². The number of hydrogen-bond donors (Lipinski definition) is 2. The van der Waals surface area contributed by atoms with Gasteiger partial charge in [-0.05, 0) is 41.8 Å². The lowest BCUT2D eigenvalue weighted by atomic mass is 10.0. The van der Waals surface area contributed by atoms with Crippen molar-refractivity contribution in [3.05, 3.63) is 59.7 Å². The SMILES string of the molecule is CCCCCCCCCCCCCCCCCC(=O)OC(COc1ccc(CN)cc1)COc1ccc(CN)cc1. The van der Waals surface area contributed by atoms with Crippen molar-refractivity contribution in [2.75, 3.05) is 13.2 Å². The van der Waals surface area contributed by atoms with Gasteiger partial charge in [-0.2, -0.15) is 0 Å². The third kappa shape index (κ3) is 17.1. The first-order valence-corrected chi connectivity index (χ1v) is 16.2. The predicted octanol–water partition coefficient (Wildman–Crippen LogP) is 8.24. The average Bonchev–Trinajstić information content (AvgIpc) is 3.01. The number of unbranched alkanes of at least 4 members (excludes halogenated alkanes) is 14. The van der Waals surface area contributed by atoms with Gasteiger partial charge in [-0.15, -0.1) is 0 Å². The Morgan fingerprint density at radius 3 is 1.32 bits per heavy atom. The van der Waals surface area contributed by atoms with Crippen LogP contribution in [0.4, 0.5) is 0 Å². The Kier molecular flexibility index (Phi) is 19.5. The highest BCUT2D eigenvalue weighted by Crippen LogP contribution is 2.17. The van der Waals surface area contributed by atoms with E-state index in [9.17, 15) is 4.79 Å². The summed E-state index contributed by atoms with van der Waals surface area (Å²) in [6, 6.07) is 15.2. The molecule has 0 spiro atoms. The molecule has 0 saturated heterocycles. The van der Waals surface area contributed by atoms with Crippen LogP contribution in [0.1, 0.15) is 121 Å². The van der Waals surface area contributed by atoms with Gasteiger partial charge >= 0.3 is 5.97 Å². The lowest BCUT2D eigenvalue weighted by Gasteiger charge is -2.19. The number of hydrogen-bond acceptors (Lipinski definition) is 6. The van der Waals surface area contributed by atoms with Gasteiger partial charge in [0.05, 0.1) is 0 Å². The minimum absolute atomic E-state index is 0.200. The quantitative estimate of drug-likeness (QED) is 0.0925. The first-order valence-electron chi connectivity index (χ1n) is 16.2. The zero-order valence-electron chi connectivity index (χ0n) is 25.6. The molecule has 0 aliphatic carbocycles. The normalized spacial score (nSPS) is 11.1. The van der Waals surface area contributed by atoms with Crippen LogP contribution in [0.5, 0.6) is 11.5 Å². The maximum absolute atomic E-state index is 12.6. The molecule has 4 N–H and O–H groups in total. The van der Waals surface area contributed by atoms with Crippen LogP contribution < -0.4 is 20.9 Å². The van der Waals surface area contributed by atoms with E-state index in [0.717, 1.165) is 24.0 Å². The van der Waals surface area contributed by atoms with E-state index in [1.807, 2.05) is 48.5 Å². The van der Waals surface area contributed by atoms with Gasteiger partial charge in [0, 0.05) is 19.5 Å². The molecule has 6 nitrogen and oxygen atoms in total. The zero-order valence-corrected chi connectivity index (χ0v) is 25.6. The van der Waals surface area contributed by atoms with Crippen LogP contribution in [0.2, 0.25) is 0 Å². The second-order valence-corrected chi connectivity index (χ2v) is 11.1. The number of carbonyl (C=O) groups excluding carboxylic acids is 1. The fraction of sp³-hybridized carbons (Fsp3) is 0.629. The zero-order chi connectivity index (χ0) is 29.4. The first kappa shape index (κ1) is 34.6.